The summed E-state index contributed by atoms with van der Waals surface area (Å²) in [5.41, 5.74) is 4.26. The van der Waals surface area contributed by atoms with Gasteiger partial charge in [0.1, 0.15) is 5.82 Å². The van der Waals surface area contributed by atoms with Crippen LogP contribution in [0.5, 0.6) is 0 Å². The summed E-state index contributed by atoms with van der Waals surface area (Å²) in [4.78, 5) is 0. The summed E-state index contributed by atoms with van der Waals surface area (Å²) in [6.07, 6.45) is 6.28. The van der Waals surface area contributed by atoms with Crippen LogP contribution in [0.3, 0.4) is 0 Å². The van der Waals surface area contributed by atoms with E-state index in [1.165, 1.54) is 43.2 Å². The molecule has 0 saturated heterocycles. The van der Waals surface area contributed by atoms with Gasteiger partial charge in [-0.3, -0.25) is 4.57 Å². The van der Waals surface area contributed by atoms with E-state index in [1.807, 2.05) is 24.3 Å². The van der Waals surface area contributed by atoms with E-state index in [-0.39, 0.29) is 0 Å². The summed E-state index contributed by atoms with van der Waals surface area (Å²) < 4.78 is 2.26. The van der Waals surface area contributed by atoms with E-state index in [2.05, 4.69) is 52.0 Å². The average Bonchev–Trinajstić information content (AvgIpc) is 3.17. The first kappa shape index (κ1) is 18.8. The molecule has 1 aromatic heterocycles. The number of hydrogen-bond donors (Lipinski definition) is 0. The maximum Gasteiger partial charge on any atom is 0.196 e. The number of nitriles is 1. The summed E-state index contributed by atoms with van der Waals surface area (Å²) >= 11 is 1.71. The van der Waals surface area contributed by atoms with Gasteiger partial charge in [0, 0.05) is 17.4 Å². The Morgan fingerprint density at radius 1 is 1.07 bits per heavy atom. The van der Waals surface area contributed by atoms with Crippen molar-refractivity contribution < 1.29 is 0 Å². The molecule has 0 bridgehead atoms. The highest BCUT2D eigenvalue weighted by atomic mass is 32.2. The van der Waals surface area contributed by atoms with Crippen molar-refractivity contribution in [2.75, 3.05) is 0 Å². The second-order valence-corrected chi connectivity index (χ2v) is 8.39. The van der Waals surface area contributed by atoms with Crippen molar-refractivity contribution in [3.63, 3.8) is 0 Å². The van der Waals surface area contributed by atoms with Gasteiger partial charge < -0.3 is 0 Å². The van der Waals surface area contributed by atoms with Gasteiger partial charge in [-0.2, -0.15) is 5.26 Å². The Bertz CT molecular complexity index is 979. The molecule has 1 aliphatic carbocycles. The minimum absolute atomic E-state index is 0.492. The third-order valence-corrected chi connectivity index (χ3v) is 6.34. The molecule has 0 radical (unpaired) electrons. The molecule has 142 valence electrons. The van der Waals surface area contributed by atoms with Crippen LogP contribution in [0.1, 0.15) is 60.5 Å². The van der Waals surface area contributed by atoms with E-state index in [4.69, 9.17) is 5.26 Å². The Kier molecular flexibility index (Phi) is 5.78. The SMILES string of the molecule is Cc1cccc(-n2c(SCc3ccc(C#N)cc3)nnc2C2CCCCC2)c1. The fraction of sp³-hybridized carbons (Fsp3) is 0.348. The lowest BCUT2D eigenvalue weighted by atomic mass is 9.88. The van der Waals surface area contributed by atoms with Crippen LogP contribution in [0.4, 0.5) is 0 Å². The fourth-order valence-electron chi connectivity index (χ4n) is 3.83. The molecule has 0 aliphatic heterocycles. The van der Waals surface area contributed by atoms with Gasteiger partial charge in [-0.15, -0.1) is 10.2 Å². The topological polar surface area (TPSA) is 54.5 Å². The predicted octanol–water partition coefficient (Wildman–Crippen LogP) is 5.79. The van der Waals surface area contributed by atoms with Crippen LogP contribution in [0.2, 0.25) is 0 Å². The zero-order valence-electron chi connectivity index (χ0n) is 16.1. The van der Waals surface area contributed by atoms with Gasteiger partial charge in [0.15, 0.2) is 5.16 Å². The number of thioether (sulfide) groups is 1. The molecule has 1 saturated carbocycles. The highest BCUT2D eigenvalue weighted by Gasteiger charge is 2.24. The molecule has 0 spiro atoms. The molecule has 0 amide bonds. The average molecular weight is 389 g/mol. The van der Waals surface area contributed by atoms with Crippen molar-refractivity contribution in [2.45, 2.75) is 55.9 Å². The second-order valence-electron chi connectivity index (χ2n) is 7.45. The standard InChI is InChI=1S/C23H24N4S/c1-17-6-5-9-21(14-17)27-22(20-7-3-2-4-8-20)25-26-23(27)28-16-19-12-10-18(15-24)11-13-19/h5-6,9-14,20H,2-4,7-8,16H2,1H3. The summed E-state index contributed by atoms with van der Waals surface area (Å²) in [5.74, 6) is 2.40. The number of aromatic nitrogens is 3. The second kappa shape index (κ2) is 8.62. The lowest BCUT2D eigenvalue weighted by Gasteiger charge is -2.22. The van der Waals surface area contributed by atoms with Crippen molar-refractivity contribution in [3.05, 3.63) is 71.0 Å². The maximum atomic E-state index is 8.97. The first-order valence-electron chi connectivity index (χ1n) is 9.89. The lowest BCUT2D eigenvalue weighted by Crippen LogP contribution is -2.12. The monoisotopic (exact) mass is 388 g/mol. The van der Waals surface area contributed by atoms with Crippen LogP contribution < -0.4 is 0 Å². The van der Waals surface area contributed by atoms with Crippen LogP contribution in [0.25, 0.3) is 5.69 Å². The molecular weight excluding hydrogens is 364 g/mol. The Balaban J connectivity index is 1.64. The highest BCUT2D eigenvalue weighted by molar-refractivity contribution is 7.98. The number of nitrogens with zero attached hydrogens (tertiary/aromatic N) is 4. The third kappa shape index (κ3) is 4.13. The first-order valence-corrected chi connectivity index (χ1v) is 10.9. The van der Waals surface area contributed by atoms with Gasteiger partial charge in [0.25, 0.3) is 0 Å². The molecule has 4 nitrogen and oxygen atoms in total. The van der Waals surface area contributed by atoms with Crippen molar-refractivity contribution in [3.8, 4) is 11.8 Å². The van der Waals surface area contributed by atoms with Crippen LogP contribution in [0.15, 0.2) is 53.7 Å². The van der Waals surface area contributed by atoms with E-state index in [9.17, 15) is 0 Å². The molecule has 28 heavy (non-hydrogen) atoms. The Hall–Kier alpha value is -2.58. The van der Waals surface area contributed by atoms with Gasteiger partial charge in [0.2, 0.25) is 0 Å². The molecule has 2 aromatic carbocycles. The molecule has 1 heterocycles. The largest absolute Gasteiger partial charge is 0.274 e. The maximum absolute atomic E-state index is 8.97. The van der Waals surface area contributed by atoms with Gasteiger partial charge >= 0.3 is 0 Å². The van der Waals surface area contributed by atoms with E-state index in [0.29, 0.717) is 11.5 Å². The molecule has 5 heteroatoms. The molecule has 3 aromatic rings. The summed E-state index contributed by atoms with van der Waals surface area (Å²) in [7, 11) is 0. The van der Waals surface area contributed by atoms with Gasteiger partial charge in [-0.25, -0.2) is 0 Å². The summed E-state index contributed by atoms with van der Waals surface area (Å²) in [5, 5.41) is 19.1. The van der Waals surface area contributed by atoms with Crippen molar-refractivity contribution >= 4 is 11.8 Å². The van der Waals surface area contributed by atoms with Crippen LogP contribution >= 0.6 is 11.8 Å². The van der Waals surface area contributed by atoms with Crippen LogP contribution in [-0.2, 0) is 5.75 Å². The summed E-state index contributed by atoms with van der Waals surface area (Å²) in [6.45, 7) is 2.12. The molecule has 0 atom stereocenters. The molecular formula is C23H24N4S. The quantitative estimate of drug-likeness (QED) is 0.519. The van der Waals surface area contributed by atoms with Crippen LogP contribution in [-0.4, -0.2) is 14.8 Å². The summed E-state index contributed by atoms with van der Waals surface area (Å²) in [6, 6.07) is 18.5. The molecule has 0 N–H and O–H groups in total. The van der Waals surface area contributed by atoms with Gasteiger partial charge in [-0.05, 0) is 55.2 Å². The number of rotatable bonds is 5. The molecule has 1 fully saturated rings. The Morgan fingerprint density at radius 2 is 1.86 bits per heavy atom. The van der Waals surface area contributed by atoms with E-state index < -0.39 is 0 Å². The Morgan fingerprint density at radius 3 is 2.57 bits per heavy atom. The van der Waals surface area contributed by atoms with Crippen molar-refractivity contribution in [1.29, 1.82) is 5.26 Å². The van der Waals surface area contributed by atoms with Crippen molar-refractivity contribution in [2.24, 2.45) is 0 Å². The normalized spacial score (nSPS) is 14.7. The van der Waals surface area contributed by atoms with Gasteiger partial charge in [0.05, 0.1) is 11.6 Å². The molecule has 1 aliphatic rings. The van der Waals surface area contributed by atoms with Crippen molar-refractivity contribution in [1.82, 2.24) is 14.8 Å². The van der Waals surface area contributed by atoms with Crippen LogP contribution in [0, 0.1) is 18.3 Å². The molecule has 4 rings (SSSR count). The minimum atomic E-state index is 0.492. The third-order valence-electron chi connectivity index (χ3n) is 5.34. The lowest BCUT2D eigenvalue weighted by molar-refractivity contribution is 0.423. The first-order chi connectivity index (χ1) is 13.7. The molecule has 0 unspecified atom stereocenters. The number of aryl methyl sites for hydroxylation is 1. The minimum Gasteiger partial charge on any atom is -0.274 e. The highest BCUT2D eigenvalue weighted by Crippen LogP contribution is 2.35. The zero-order chi connectivity index (χ0) is 19.3. The number of benzene rings is 2. The Labute approximate surface area is 170 Å². The fourth-order valence-corrected chi connectivity index (χ4v) is 4.75. The van der Waals surface area contributed by atoms with E-state index in [1.54, 1.807) is 11.8 Å². The van der Waals surface area contributed by atoms with Gasteiger partial charge in [-0.1, -0.05) is 55.3 Å². The zero-order valence-corrected chi connectivity index (χ0v) is 17.0. The predicted molar refractivity (Wildman–Crippen MR) is 113 cm³/mol. The smallest absolute Gasteiger partial charge is 0.196 e. The van der Waals surface area contributed by atoms with E-state index in [0.717, 1.165) is 22.4 Å². The number of hydrogen-bond acceptors (Lipinski definition) is 4. The van der Waals surface area contributed by atoms with E-state index >= 15 is 0 Å².